The molecule has 3 aromatic heterocycles. The molecule has 1 aliphatic rings. The van der Waals surface area contributed by atoms with Crippen LogP contribution >= 0.6 is 0 Å². The normalized spacial score (nSPS) is 17.2. The monoisotopic (exact) mass is 387 g/mol. The van der Waals surface area contributed by atoms with Gasteiger partial charge in [-0.15, -0.1) is 10.2 Å². The third kappa shape index (κ3) is 3.37. The number of aromatic nitrogens is 6. The van der Waals surface area contributed by atoms with Crippen LogP contribution in [0.25, 0.3) is 10.9 Å². The second kappa shape index (κ2) is 7.31. The molecule has 0 bridgehead atoms. The number of imidazole rings is 1. The Morgan fingerprint density at radius 2 is 2.07 bits per heavy atom. The number of fused-ring (bicyclic) bond motifs is 1. The number of hydrogen-bond acceptors (Lipinski definition) is 5. The highest BCUT2D eigenvalue weighted by Gasteiger charge is 2.27. The van der Waals surface area contributed by atoms with Crippen molar-refractivity contribution in [1.29, 1.82) is 0 Å². The largest absolute Gasteiger partial charge is 0.370 e. The van der Waals surface area contributed by atoms with Crippen LogP contribution in [0, 0.1) is 6.92 Å². The molecule has 4 aromatic rings. The van der Waals surface area contributed by atoms with Gasteiger partial charge in [-0.05, 0) is 38.0 Å². The molecule has 29 heavy (non-hydrogen) atoms. The van der Waals surface area contributed by atoms with Crippen LogP contribution in [0.3, 0.4) is 0 Å². The number of aryl methyl sites for hydroxylation is 1. The molecule has 0 saturated carbocycles. The highest BCUT2D eigenvalue weighted by molar-refractivity contribution is 5.92. The SMILES string of the molecule is Cc1ccc2nccc(N3CCCC(c4nnc(Cn5ccnc5)n4C)C3)c2c1. The van der Waals surface area contributed by atoms with Crippen molar-refractivity contribution in [1.82, 2.24) is 29.3 Å². The predicted octanol–water partition coefficient (Wildman–Crippen LogP) is 3.30. The molecule has 0 spiro atoms. The first kappa shape index (κ1) is 17.8. The summed E-state index contributed by atoms with van der Waals surface area (Å²) in [5.41, 5.74) is 3.58. The number of rotatable bonds is 4. The van der Waals surface area contributed by atoms with Crippen molar-refractivity contribution in [3.63, 3.8) is 0 Å². The Morgan fingerprint density at radius 1 is 1.14 bits per heavy atom. The van der Waals surface area contributed by atoms with Gasteiger partial charge in [-0.25, -0.2) is 4.98 Å². The predicted molar refractivity (Wildman–Crippen MR) is 113 cm³/mol. The molecule has 148 valence electrons. The Balaban J connectivity index is 1.42. The van der Waals surface area contributed by atoms with Crippen molar-refractivity contribution in [2.75, 3.05) is 18.0 Å². The average Bonchev–Trinajstić information content (AvgIpc) is 3.38. The molecular formula is C22H25N7. The number of hydrogen-bond donors (Lipinski definition) is 0. The molecule has 0 N–H and O–H groups in total. The molecule has 1 atom stereocenters. The van der Waals surface area contributed by atoms with Crippen LogP contribution < -0.4 is 4.90 Å². The van der Waals surface area contributed by atoms with Crippen LogP contribution in [-0.4, -0.2) is 42.4 Å². The van der Waals surface area contributed by atoms with Crippen LogP contribution in [0.2, 0.25) is 0 Å². The van der Waals surface area contributed by atoms with E-state index < -0.39 is 0 Å². The van der Waals surface area contributed by atoms with Gasteiger partial charge in [0.05, 0.1) is 18.4 Å². The van der Waals surface area contributed by atoms with Crippen molar-refractivity contribution in [2.45, 2.75) is 32.2 Å². The van der Waals surface area contributed by atoms with Gasteiger partial charge in [0.25, 0.3) is 0 Å². The van der Waals surface area contributed by atoms with Gasteiger partial charge in [0, 0.05) is 55.7 Å². The Hall–Kier alpha value is -3.22. The van der Waals surface area contributed by atoms with Crippen molar-refractivity contribution in [3.05, 3.63) is 66.4 Å². The zero-order valence-corrected chi connectivity index (χ0v) is 16.9. The Kier molecular flexibility index (Phi) is 4.50. The van der Waals surface area contributed by atoms with Gasteiger partial charge < -0.3 is 14.0 Å². The van der Waals surface area contributed by atoms with Gasteiger partial charge in [-0.2, -0.15) is 0 Å². The highest BCUT2D eigenvalue weighted by atomic mass is 15.3. The maximum atomic E-state index is 4.56. The fraction of sp³-hybridized carbons (Fsp3) is 0.364. The number of piperidine rings is 1. The minimum atomic E-state index is 0.366. The summed E-state index contributed by atoms with van der Waals surface area (Å²) in [4.78, 5) is 11.1. The molecule has 5 rings (SSSR count). The van der Waals surface area contributed by atoms with Gasteiger partial charge in [-0.3, -0.25) is 4.98 Å². The smallest absolute Gasteiger partial charge is 0.152 e. The van der Waals surface area contributed by atoms with Gasteiger partial charge in [-0.1, -0.05) is 11.6 Å². The van der Waals surface area contributed by atoms with Crippen molar-refractivity contribution in [2.24, 2.45) is 7.05 Å². The third-order valence-corrected chi connectivity index (χ3v) is 5.88. The first-order valence-electron chi connectivity index (χ1n) is 10.1. The summed E-state index contributed by atoms with van der Waals surface area (Å²) in [5.74, 6) is 2.39. The van der Waals surface area contributed by atoms with E-state index in [4.69, 9.17) is 0 Å². The van der Waals surface area contributed by atoms with E-state index in [1.807, 2.05) is 23.3 Å². The zero-order valence-electron chi connectivity index (χ0n) is 16.9. The fourth-order valence-corrected chi connectivity index (χ4v) is 4.34. The van der Waals surface area contributed by atoms with Crippen LogP contribution in [0.1, 0.15) is 36.0 Å². The lowest BCUT2D eigenvalue weighted by atomic mass is 9.96. The van der Waals surface area contributed by atoms with E-state index in [9.17, 15) is 0 Å². The van der Waals surface area contributed by atoms with Crippen LogP contribution in [-0.2, 0) is 13.6 Å². The van der Waals surface area contributed by atoms with Crippen molar-refractivity contribution >= 4 is 16.6 Å². The number of benzene rings is 1. The average molecular weight is 387 g/mol. The first-order chi connectivity index (χ1) is 14.2. The van der Waals surface area contributed by atoms with Crippen LogP contribution in [0.4, 0.5) is 5.69 Å². The van der Waals surface area contributed by atoms with E-state index in [0.717, 1.165) is 43.1 Å². The van der Waals surface area contributed by atoms with E-state index in [1.54, 1.807) is 6.20 Å². The second-order valence-corrected chi connectivity index (χ2v) is 7.90. The molecule has 1 aliphatic heterocycles. The third-order valence-electron chi connectivity index (χ3n) is 5.88. The summed E-state index contributed by atoms with van der Waals surface area (Å²) < 4.78 is 4.18. The molecule has 4 heterocycles. The lowest BCUT2D eigenvalue weighted by Crippen LogP contribution is -2.35. The van der Waals surface area contributed by atoms with Crippen LogP contribution in [0.5, 0.6) is 0 Å². The van der Waals surface area contributed by atoms with Crippen molar-refractivity contribution in [3.8, 4) is 0 Å². The van der Waals surface area contributed by atoms with E-state index in [-0.39, 0.29) is 0 Å². The first-order valence-corrected chi connectivity index (χ1v) is 10.1. The Morgan fingerprint density at radius 3 is 2.93 bits per heavy atom. The number of nitrogens with zero attached hydrogens (tertiary/aromatic N) is 7. The Labute approximate surface area is 170 Å². The summed E-state index contributed by atoms with van der Waals surface area (Å²) in [6.07, 6.45) is 9.75. The second-order valence-electron chi connectivity index (χ2n) is 7.90. The van der Waals surface area contributed by atoms with Crippen LogP contribution in [0.15, 0.2) is 49.2 Å². The highest BCUT2D eigenvalue weighted by Crippen LogP contribution is 2.33. The molecule has 1 saturated heterocycles. The molecule has 0 aliphatic carbocycles. The molecule has 7 nitrogen and oxygen atoms in total. The fourth-order valence-electron chi connectivity index (χ4n) is 4.34. The summed E-state index contributed by atoms with van der Waals surface area (Å²) >= 11 is 0. The summed E-state index contributed by atoms with van der Waals surface area (Å²) in [6.45, 7) is 4.83. The van der Waals surface area contributed by atoms with E-state index in [1.165, 1.54) is 16.6 Å². The number of anilines is 1. The molecule has 7 heteroatoms. The molecular weight excluding hydrogens is 362 g/mol. The minimum Gasteiger partial charge on any atom is -0.370 e. The lowest BCUT2D eigenvalue weighted by Gasteiger charge is -2.34. The molecule has 0 amide bonds. The minimum absolute atomic E-state index is 0.366. The molecule has 0 radical (unpaired) electrons. The summed E-state index contributed by atoms with van der Waals surface area (Å²) in [6, 6.07) is 8.62. The van der Waals surface area contributed by atoms with Gasteiger partial charge in [0.1, 0.15) is 5.82 Å². The topological polar surface area (TPSA) is 64.7 Å². The molecule has 1 aromatic carbocycles. The van der Waals surface area contributed by atoms with Gasteiger partial charge in [0.2, 0.25) is 0 Å². The number of pyridine rings is 1. The molecule has 1 fully saturated rings. The maximum Gasteiger partial charge on any atom is 0.152 e. The molecule has 1 unspecified atom stereocenters. The summed E-state index contributed by atoms with van der Waals surface area (Å²) in [5, 5.41) is 10.3. The van der Waals surface area contributed by atoms with E-state index >= 15 is 0 Å². The standard InChI is InChI=1S/C22H25N7/c1-16-5-6-19-18(12-16)20(7-8-24-19)29-10-3-4-17(13-29)22-26-25-21(27(22)2)14-28-11-9-23-15-28/h5-9,11-12,15,17H,3-4,10,13-14H2,1-2H3. The van der Waals surface area contributed by atoms with E-state index in [2.05, 4.69) is 67.9 Å². The Bertz CT molecular complexity index is 1130. The van der Waals surface area contributed by atoms with E-state index in [0.29, 0.717) is 12.5 Å². The maximum absolute atomic E-state index is 4.56. The lowest BCUT2D eigenvalue weighted by molar-refractivity contribution is 0.478. The zero-order chi connectivity index (χ0) is 19.8. The van der Waals surface area contributed by atoms with Gasteiger partial charge in [0.15, 0.2) is 5.82 Å². The summed E-state index contributed by atoms with van der Waals surface area (Å²) in [7, 11) is 2.08. The van der Waals surface area contributed by atoms with Crippen molar-refractivity contribution < 1.29 is 0 Å². The quantitative estimate of drug-likeness (QED) is 0.538. The van der Waals surface area contributed by atoms with Gasteiger partial charge >= 0.3 is 0 Å².